The molecule has 1 rings (SSSR count). The molecule has 0 radical (unpaired) electrons. The minimum absolute atomic E-state index is 0.0458. The number of hydrogen-bond donors (Lipinski definition) is 2. The summed E-state index contributed by atoms with van der Waals surface area (Å²) in [6.45, 7) is 17.6. The monoisotopic (exact) mass is 872 g/mol. The van der Waals surface area contributed by atoms with Gasteiger partial charge in [-0.1, -0.05) is 64.1 Å². The van der Waals surface area contributed by atoms with E-state index in [1.807, 2.05) is 6.92 Å². The van der Waals surface area contributed by atoms with Crippen molar-refractivity contribution in [1.29, 1.82) is 0 Å². The van der Waals surface area contributed by atoms with Crippen LogP contribution in [0.2, 0.25) is 0 Å². The van der Waals surface area contributed by atoms with Gasteiger partial charge in [0.2, 0.25) is 0 Å². The van der Waals surface area contributed by atoms with Crippen LogP contribution in [0.1, 0.15) is 38.3 Å². The first-order valence-corrected chi connectivity index (χ1v) is 19.0. The minimum Gasteiger partial charge on any atom is -0.462 e. The van der Waals surface area contributed by atoms with Crippen molar-refractivity contribution in [2.75, 3.05) is 66.1 Å². The molecule has 0 aliphatic rings. The molecule has 0 spiro atoms. The number of carbonyl (C=O) groups excluding carboxylic acids is 8. The van der Waals surface area contributed by atoms with Crippen LogP contribution in [0.5, 0.6) is 0 Å². The lowest BCUT2D eigenvalue weighted by atomic mass is 9.90. The predicted octanol–water partition coefficient (Wildman–Crippen LogP) is 3.75. The largest absolute Gasteiger partial charge is 0.462 e. The zero-order valence-electron chi connectivity index (χ0n) is 35.4. The van der Waals surface area contributed by atoms with Gasteiger partial charge >= 0.3 is 48.0 Å². The van der Waals surface area contributed by atoms with Crippen molar-refractivity contribution in [1.82, 2.24) is 10.6 Å². The van der Waals surface area contributed by atoms with E-state index in [0.717, 1.165) is 30.4 Å². The number of carbonyl (C=O) groups is 8. The summed E-state index contributed by atoms with van der Waals surface area (Å²) in [6, 6.07) is 6.82. The fraction of sp³-hybridized carbons (Fsp3) is 0.442. The average Bonchev–Trinajstić information content (AvgIpc) is 3.28. The molecule has 62 heavy (non-hydrogen) atoms. The zero-order chi connectivity index (χ0) is 46.6. The summed E-state index contributed by atoms with van der Waals surface area (Å²) in [4.78, 5) is 97.9. The first kappa shape index (κ1) is 53.3. The number of benzene rings is 1. The third-order valence-corrected chi connectivity index (χ3v) is 8.61. The SMILES string of the molecule is C=CC(=O)OCC(COCC(COC(=O)C=C)(COC(=O)C=C)COC(=O)NCc1cccc(CNC(=O)OCCOC(=O)C(C)(C)CC)c1)(COC(=O)C=C)COC(=O)C=C. The average molecular weight is 873 g/mol. The van der Waals surface area contributed by atoms with E-state index in [2.05, 4.69) is 43.5 Å². The maximum absolute atomic E-state index is 13.1. The van der Waals surface area contributed by atoms with Gasteiger partial charge in [0.05, 0.1) is 29.5 Å². The highest BCUT2D eigenvalue weighted by atomic mass is 16.6. The van der Waals surface area contributed by atoms with Crippen LogP contribution in [0.4, 0.5) is 9.59 Å². The fourth-order valence-corrected chi connectivity index (χ4v) is 4.53. The van der Waals surface area contributed by atoms with Gasteiger partial charge in [-0.25, -0.2) is 33.6 Å². The lowest BCUT2D eigenvalue weighted by molar-refractivity contribution is -0.167. The summed E-state index contributed by atoms with van der Waals surface area (Å²) < 4.78 is 48.0. The van der Waals surface area contributed by atoms with E-state index in [1.54, 1.807) is 38.1 Å². The predicted molar refractivity (Wildman–Crippen MR) is 219 cm³/mol. The van der Waals surface area contributed by atoms with Crippen LogP contribution in [-0.2, 0) is 84.5 Å². The molecule has 2 N–H and O–H groups in total. The molecule has 0 bridgehead atoms. The van der Waals surface area contributed by atoms with Crippen LogP contribution in [-0.4, -0.2) is 114 Å². The van der Waals surface area contributed by atoms with E-state index in [0.29, 0.717) is 17.5 Å². The maximum atomic E-state index is 13.1. The standard InChI is InChI=1S/C43H56N2O17/c1-9-33(46)57-25-42(26-58-34(47)10-2,27-59-35(48)11-3)23-54-24-43(28-60-36(49)12-4,29-61-37(50)13-5)30-62-40(53)45-22-32-17-15-16-31(20-32)21-44-39(52)56-19-18-55-38(51)41(7,8)14-6/h9-13,15-17,20H,1-5,14,18-19,21-30H2,6-8H3,(H,44,52)(H,45,53). The van der Waals surface area contributed by atoms with Crippen molar-refractivity contribution < 1.29 is 81.0 Å². The van der Waals surface area contributed by atoms with Gasteiger partial charge in [-0.2, -0.15) is 0 Å². The zero-order valence-corrected chi connectivity index (χ0v) is 35.4. The third kappa shape index (κ3) is 21.0. The van der Waals surface area contributed by atoms with E-state index >= 15 is 0 Å². The van der Waals surface area contributed by atoms with Gasteiger partial charge in [0.25, 0.3) is 0 Å². The Balaban J connectivity index is 3.16. The number of amides is 2. The Morgan fingerprint density at radius 2 is 0.855 bits per heavy atom. The number of nitrogens with one attached hydrogen (secondary N) is 2. The Labute approximate surface area is 360 Å². The fourth-order valence-electron chi connectivity index (χ4n) is 4.53. The number of hydrogen-bond acceptors (Lipinski definition) is 17. The lowest BCUT2D eigenvalue weighted by Gasteiger charge is -2.35. The molecule has 0 aliphatic carbocycles. The van der Waals surface area contributed by atoms with Crippen molar-refractivity contribution in [3.63, 3.8) is 0 Å². The minimum atomic E-state index is -1.62. The van der Waals surface area contributed by atoms with Gasteiger partial charge in [0, 0.05) is 43.5 Å². The highest BCUT2D eigenvalue weighted by Gasteiger charge is 2.40. The van der Waals surface area contributed by atoms with E-state index in [9.17, 15) is 38.4 Å². The maximum Gasteiger partial charge on any atom is 0.407 e. The Morgan fingerprint density at radius 1 is 0.516 bits per heavy atom. The summed E-state index contributed by atoms with van der Waals surface area (Å²) in [7, 11) is 0. The Morgan fingerprint density at radius 3 is 1.21 bits per heavy atom. The van der Waals surface area contributed by atoms with Gasteiger partial charge in [-0.3, -0.25) is 4.79 Å². The first-order chi connectivity index (χ1) is 29.4. The van der Waals surface area contributed by atoms with Gasteiger partial charge in [0.1, 0.15) is 52.9 Å². The molecule has 0 atom stereocenters. The van der Waals surface area contributed by atoms with Crippen LogP contribution in [0.3, 0.4) is 0 Å². The van der Waals surface area contributed by atoms with Crippen LogP contribution in [0, 0.1) is 16.2 Å². The molecule has 0 fully saturated rings. The van der Waals surface area contributed by atoms with Gasteiger partial charge in [-0.15, -0.1) is 0 Å². The van der Waals surface area contributed by atoms with Crippen molar-refractivity contribution in [2.45, 2.75) is 40.3 Å². The Bertz CT molecular complexity index is 1690. The highest BCUT2D eigenvalue weighted by Crippen LogP contribution is 2.26. The summed E-state index contributed by atoms with van der Waals surface area (Å²) in [5.41, 5.74) is -2.58. The third-order valence-electron chi connectivity index (χ3n) is 8.61. The van der Waals surface area contributed by atoms with E-state index in [-0.39, 0.29) is 26.3 Å². The second-order valence-electron chi connectivity index (χ2n) is 14.2. The summed E-state index contributed by atoms with van der Waals surface area (Å²) in [5.74, 6) is -4.76. The topological polar surface area (TPSA) is 244 Å². The number of esters is 6. The summed E-state index contributed by atoms with van der Waals surface area (Å²) in [6.07, 6.45) is 3.27. The number of ether oxygens (including phenoxy) is 9. The van der Waals surface area contributed by atoms with Crippen LogP contribution >= 0.6 is 0 Å². The second-order valence-corrected chi connectivity index (χ2v) is 14.2. The van der Waals surface area contributed by atoms with Gasteiger partial charge in [-0.05, 0) is 31.4 Å². The van der Waals surface area contributed by atoms with Crippen LogP contribution in [0.15, 0.2) is 87.5 Å². The van der Waals surface area contributed by atoms with Gasteiger partial charge < -0.3 is 53.3 Å². The summed E-state index contributed by atoms with van der Waals surface area (Å²) >= 11 is 0. The lowest BCUT2D eigenvalue weighted by Crippen LogP contribution is -2.47. The smallest absolute Gasteiger partial charge is 0.407 e. The normalized spacial score (nSPS) is 11.0. The van der Waals surface area contributed by atoms with Crippen molar-refractivity contribution in [3.8, 4) is 0 Å². The molecule has 0 saturated carbocycles. The van der Waals surface area contributed by atoms with Crippen molar-refractivity contribution in [2.24, 2.45) is 16.2 Å². The highest BCUT2D eigenvalue weighted by molar-refractivity contribution is 5.83. The molecule has 0 aromatic heterocycles. The molecule has 0 unspecified atom stereocenters. The van der Waals surface area contributed by atoms with E-state index < -0.39 is 117 Å². The molecule has 340 valence electrons. The molecule has 19 heteroatoms. The number of rotatable bonds is 30. The molecular formula is C43H56N2O17. The van der Waals surface area contributed by atoms with Gasteiger partial charge in [0.15, 0.2) is 0 Å². The molecule has 2 amide bonds. The molecule has 0 saturated heterocycles. The Kier molecular flexibility index (Phi) is 24.0. The molecule has 0 aliphatic heterocycles. The summed E-state index contributed by atoms with van der Waals surface area (Å²) in [5, 5.41) is 5.17. The van der Waals surface area contributed by atoms with Crippen molar-refractivity contribution in [3.05, 3.63) is 98.7 Å². The molecular weight excluding hydrogens is 816 g/mol. The second kappa shape index (κ2) is 27.9. The molecule has 19 nitrogen and oxygen atoms in total. The van der Waals surface area contributed by atoms with Crippen LogP contribution < -0.4 is 10.6 Å². The number of alkyl carbamates (subject to hydrolysis) is 2. The van der Waals surface area contributed by atoms with E-state index in [4.69, 9.17) is 42.6 Å². The molecule has 0 heterocycles. The van der Waals surface area contributed by atoms with Crippen LogP contribution in [0.25, 0.3) is 0 Å². The molecule has 1 aromatic rings. The molecule has 1 aromatic carbocycles. The quantitative estimate of drug-likeness (QED) is 0.0484. The first-order valence-electron chi connectivity index (χ1n) is 19.0. The van der Waals surface area contributed by atoms with Crippen molar-refractivity contribution >= 4 is 48.0 Å². The Hall–Kier alpha value is -6.76. The van der Waals surface area contributed by atoms with E-state index in [1.165, 1.54) is 0 Å².